The van der Waals surface area contributed by atoms with Gasteiger partial charge in [0.15, 0.2) is 5.76 Å². The van der Waals surface area contributed by atoms with Crippen molar-refractivity contribution in [3.8, 4) is 11.3 Å². The van der Waals surface area contributed by atoms with Crippen LogP contribution < -0.4 is 10.6 Å². The number of anilines is 2. The van der Waals surface area contributed by atoms with Crippen molar-refractivity contribution in [1.29, 1.82) is 0 Å². The lowest BCUT2D eigenvalue weighted by Crippen LogP contribution is -2.07. The Hall–Kier alpha value is -2.50. The standard InChI is InChI=1S/C19H15Cl2N3O2/c1-10(23-13-3-5-16-11(6-13)7-18(25)24-16)19-22-9-17(26-19)14-4-2-12(20)8-15(14)21/h2-6,8-10,23H,7H2,1H3,(H,24,25)/t10-/m0/s1. The van der Waals surface area contributed by atoms with Gasteiger partial charge in [0.05, 0.1) is 17.6 Å². The van der Waals surface area contributed by atoms with Crippen LogP contribution in [0.25, 0.3) is 11.3 Å². The maximum Gasteiger partial charge on any atom is 0.228 e. The number of amides is 1. The zero-order valence-corrected chi connectivity index (χ0v) is 15.4. The fourth-order valence-electron chi connectivity index (χ4n) is 2.93. The third-order valence-electron chi connectivity index (χ3n) is 4.20. The summed E-state index contributed by atoms with van der Waals surface area (Å²) in [5.41, 5.74) is 3.48. The number of rotatable bonds is 4. The first-order valence-electron chi connectivity index (χ1n) is 8.10. The molecule has 0 radical (unpaired) electrons. The Morgan fingerprint density at radius 1 is 1.23 bits per heavy atom. The van der Waals surface area contributed by atoms with Crippen LogP contribution in [0.15, 0.2) is 47.0 Å². The molecule has 0 bridgehead atoms. The van der Waals surface area contributed by atoms with Gasteiger partial charge in [-0.05, 0) is 48.9 Å². The molecule has 132 valence electrons. The lowest BCUT2D eigenvalue weighted by molar-refractivity contribution is -0.115. The summed E-state index contributed by atoms with van der Waals surface area (Å²) in [6.45, 7) is 1.95. The zero-order valence-electron chi connectivity index (χ0n) is 13.8. The summed E-state index contributed by atoms with van der Waals surface area (Å²) >= 11 is 12.2. The SMILES string of the molecule is C[C@H](Nc1ccc2c(c1)CC(=O)N2)c1ncc(-c2ccc(Cl)cc2Cl)o1. The molecule has 3 aromatic rings. The lowest BCUT2D eigenvalue weighted by atomic mass is 10.1. The smallest absolute Gasteiger partial charge is 0.228 e. The number of hydrogen-bond donors (Lipinski definition) is 2. The molecule has 2 aromatic carbocycles. The number of aromatic nitrogens is 1. The third kappa shape index (κ3) is 3.28. The summed E-state index contributed by atoms with van der Waals surface area (Å²) in [4.78, 5) is 15.8. The van der Waals surface area contributed by atoms with Crippen molar-refractivity contribution in [2.24, 2.45) is 0 Å². The molecule has 1 aliphatic rings. The van der Waals surface area contributed by atoms with E-state index in [0.717, 1.165) is 22.5 Å². The highest BCUT2D eigenvalue weighted by Crippen LogP contribution is 2.33. The quantitative estimate of drug-likeness (QED) is 0.635. The van der Waals surface area contributed by atoms with E-state index in [1.807, 2.05) is 25.1 Å². The first kappa shape index (κ1) is 16.9. The number of oxazole rings is 1. The van der Waals surface area contributed by atoms with Crippen molar-refractivity contribution >= 4 is 40.5 Å². The van der Waals surface area contributed by atoms with Gasteiger partial charge in [-0.2, -0.15) is 0 Å². The van der Waals surface area contributed by atoms with Gasteiger partial charge >= 0.3 is 0 Å². The number of nitrogens with zero attached hydrogens (tertiary/aromatic N) is 1. The number of fused-ring (bicyclic) bond motifs is 1. The summed E-state index contributed by atoms with van der Waals surface area (Å²) in [7, 11) is 0. The molecule has 1 aromatic heterocycles. The van der Waals surface area contributed by atoms with E-state index >= 15 is 0 Å². The summed E-state index contributed by atoms with van der Waals surface area (Å²) in [6.07, 6.45) is 2.05. The van der Waals surface area contributed by atoms with E-state index in [-0.39, 0.29) is 11.9 Å². The van der Waals surface area contributed by atoms with Gasteiger partial charge < -0.3 is 15.1 Å². The van der Waals surface area contributed by atoms with E-state index in [1.54, 1.807) is 24.4 Å². The van der Waals surface area contributed by atoms with E-state index in [9.17, 15) is 4.79 Å². The molecule has 1 amide bonds. The Morgan fingerprint density at radius 3 is 2.88 bits per heavy atom. The second-order valence-corrected chi connectivity index (χ2v) is 6.99. The minimum Gasteiger partial charge on any atom is -0.438 e. The number of benzene rings is 2. The summed E-state index contributed by atoms with van der Waals surface area (Å²) < 4.78 is 5.87. The molecule has 0 saturated carbocycles. The maximum atomic E-state index is 11.5. The van der Waals surface area contributed by atoms with Crippen LogP contribution in [-0.2, 0) is 11.2 Å². The van der Waals surface area contributed by atoms with E-state index in [0.29, 0.717) is 28.1 Å². The van der Waals surface area contributed by atoms with Crippen molar-refractivity contribution in [2.45, 2.75) is 19.4 Å². The average molecular weight is 388 g/mol. The Morgan fingerprint density at radius 2 is 2.08 bits per heavy atom. The van der Waals surface area contributed by atoms with Crippen LogP contribution in [0.1, 0.15) is 24.4 Å². The number of carbonyl (C=O) groups excluding carboxylic acids is 1. The maximum absolute atomic E-state index is 11.5. The molecular formula is C19H15Cl2N3O2. The van der Waals surface area contributed by atoms with Crippen LogP contribution in [0, 0.1) is 0 Å². The van der Waals surface area contributed by atoms with Crippen LogP contribution >= 0.6 is 23.2 Å². The third-order valence-corrected chi connectivity index (χ3v) is 4.75. The van der Waals surface area contributed by atoms with Crippen molar-refractivity contribution in [3.63, 3.8) is 0 Å². The number of hydrogen-bond acceptors (Lipinski definition) is 4. The zero-order chi connectivity index (χ0) is 18.3. The molecule has 5 nitrogen and oxygen atoms in total. The molecule has 0 spiro atoms. The number of carbonyl (C=O) groups is 1. The Labute approximate surface area is 160 Å². The Balaban J connectivity index is 1.53. The largest absolute Gasteiger partial charge is 0.438 e. The molecule has 7 heteroatoms. The van der Waals surface area contributed by atoms with Crippen LogP contribution in [0.4, 0.5) is 11.4 Å². The predicted molar refractivity (Wildman–Crippen MR) is 103 cm³/mol. The highest BCUT2D eigenvalue weighted by Gasteiger charge is 2.19. The van der Waals surface area contributed by atoms with Gasteiger partial charge in [0.2, 0.25) is 11.8 Å². The molecule has 4 rings (SSSR count). The minimum absolute atomic E-state index is 0.0161. The molecule has 1 atom stereocenters. The van der Waals surface area contributed by atoms with E-state index in [2.05, 4.69) is 15.6 Å². The predicted octanol–water partition coefficient (Wildman–Crippen LogP) is 5.32. The van der Waals surface area contributed by atoms with E-state index in [4.69, 9.17) is 27.6 Å². The minimum atomic E-state index is -0.155. The van der Waals surface area contributed by atoms with Gasteiger partial charge in [-0.25, -0.2) is 4.98 Å². The lowest BCUT2D eigenvalue weighted by Gasteiger charge is -2.13. The average Bonchev–Trinajstić information content (AvgIpc) is 3.20. The highest BCUT2D eigenvalue weighted by atomic mass is 35.5. The summed E-state index contributed by atoms with van der Waals surface area (Å²) in [6, 6.07) is 10.8. The fourth-order valence-corrected chi connectivity index (χ4v) is 3.43. The van der Waals surface area contributed by atoms with Gasteiger partial charge in [0, 0.05) is 22.0 Å². The number of nitrogens with one attached hydrogen (secondary N) is 2. The van der Waals surface area contributed by atoms with Crippen molar-refractivity contribution in [1.82, 2.24) is 4.98 Å². The van der Waals surface area contributed by atoms with E-state index < -0.39 is 0 Å². The topological polar surface area (TPSA) is 67.2 Å². The molecule has 0 aliphatic carbocycles. The second kappa shape index (κ2) is 6.67. The molecule has 2 N–H and O–H groups in total. The Kier molecular flexibility index (Phi) is 4.34. The van der Waals surface area contributed by atoms with Gasteiger partial charge in [-0.1, -0.05) is 23.2 Å². The van der Waals surface area contributed by atoms with Crippen LogP contribution in [0.2, 0.25) is 10.0 Å². The van der Waals surface area contributed by atoms with E-state index in [1.165, 1.54) is 0 Å². The van der Waals surface area contributed by atoms with Gasteiger partial charge in [-0.15, -0.1) is 0 Å². The fraction of sp³-hybridized carbons (Fsp3) is 0.158. The van der Waals surface area contributed by atoms with Crippen molar-refractivity contribution in [3.05, 3.63) is 64.1 Å². The van der Waals surface area contributed by atoms with Crippen LogP contribution in [-0.4, -0.2) is 10.9 Å². The molecule has 0 fully saturated rings. The summed E-state index contributed by atoms with van der Waals surface area (Å²) in [5, 5.41) is 7.24. The Bertz CT molecular complexity index is 1000. The first-order chi connectivity index (χ1) is 12.5. The van der Waals surface area contributed by atoms with Gasteiger partial charge in [-0.3, -0.25) is 4.79 Å². The molecule has 0 unspecified atom stereocenters. The molecule has 0 saturated heterocycles. The van der Waals surface area contributed by atoms with Gasteiger partial charge in [0.25, 0.3) is 0 Å². The van der Waals surface area contributed by atoms with Crippen molar-refractivity contribution < 1.29 is 9.21 Å². The molecule has 2 heterocycles. The van der Waals surface area contributed by atoms with Crippen LogP contribution in [0.5, 0.6) is 0 Å². The highest BCUT2D eigenvalue weighted by molar-refractivity contribution is 6.36. The first-order valence-corrected chi connectivity index (χ1v) is 8.85. The normalized spacial score (nSPS) is 14.0. The van der Waals surface area contributed by atoms with Gasteiger partial charge in [0.1, 0.15) is 6.04 Å². The molecule has 26 heavy (non-hydrogen) atoms. The monoisotopic (exact) mass is 387 g/mol. The summed E-state index contributed by atoms with van der Waals surface area (Å²) in [5.74, 6) is 1.14. The molecule has 1 aliphatic heterocycles. The number of halogens is 2. The molecular weight excluding hydrogens is 373 g/mol. The second-order valence-electron chi connectivity index (χ2n) is 6.15. The van der Waals surface area contributed by atoms with Crippen LogP contribution in [0.3, 0.4) is 0 Å². The van der Waals surface area contributed by atoms with Crippen molar-refractivity contribution in [2.75, 3.05) is 10.6 Å².